The first-order chi connectivity index (χ1) is 11.0. The molecule has 23 heavy (non-hydrogen) atoms. The summed E-state index contributed by atoms with van der Waals surface area (Å²) >= 11 is 5.90. The number of aromatic nitrogens is 1. The van der Waals surface area contributed by atoms with Gasteiger partial charge < -0.3 is 20.5 Å². The molecule has 120 valence electrons. The number of primary amides is 1. The number of hydrogen-bond acceptors (Lipinski definition) is 3. The maximum atomic E-state index is 12.4. The second-order valence-corrected chi connectivity index (χ2v) is 5.86. The average Bonchev–Trinajstić information content (AvgIpc) is 3.05. The van der Waals surface area contributed by atoms with E-state index >= 15 is 0 Å². The monoisotopic (exact) mass is 332 g/mol. The van der Waals surface area contributed by atoms with Crippen molar-refractivity contribution in [3.05, 3.63) is 52.8 Å². The Morgan fingerprint density at radius 1 is 1.09 bits per heavy atom. The number of hydrogen-bond donors (Lipinski definition) is 2. The van der Waals surface area contributed by atoms with Crippen molar-refractivity contribution in [1.29, 1.82) is 0 Å². The summed E-state index contributed by atoms with van der Waals surface area (Å²) in [4.78, 5) is 30.3. The minimum absolute atomic E-state index is 0.117. The van der Waals surface area contributed by atoms with Crippen molar-refractivity contribution in [2.75, 3.05) is 31.1 Å². The van der Waals surface area contributed by atoms with Crippen LogP contribution in [0.5, 0.6) is 0 Å². The van der Waals surface area contributed by atoms with Gasteiger partial charge in [0.15, 0.2) is 0 Å². The minimum Gasteiger partial charge on any atom is -0.368 e. The van der Waals surface area contributed by atoms with E-state index in [4.69, 9.17) is 17.3 Å². The first-order valence-corrected chi connectivity index (χ1v) is 7.70. The molecule has 1 saturated heterocycles. The fourth-order valence-electron chi connectivity index (χ4n) is 2.65. The van der Waals surface area contributed by atoms with Gasteiger partial charge in [-0.15, -0.1) is 0 Å². The van der Waals surface area contributed by atoms with Crippen LogP contribution in [0.25, 0.3) is 0 Å². The van der Waals surface area contributed by atoms with Crippen molar-refractivity contribution in [2.24, 2.45) is 5.73 Å². The molecule has 2 amide bonds. The number of halogens is 1. The lowest BCUT2D eigenvalue weighted by Gasteiger charge is -2.36. The van der Waals surface area contributed by atoms with Crippen molar-refractivity contribution >= 4 is 29.1 Å². The summed E-state index contributed by atoms with van der Waals surface area (Å²) in [7, 11) is 0. The Hall–Kier alpha value is -2.47. The Labute approximate surface area is 138 Å². The normalized spacial score (nSPS) is 14.8. The summed E-state index contributed by atoms with van der Waals surface area (Å²) in [5.41, 5.74) is 6.99. The average molecular weight is 333 g/mol. The molecule has 1 aliphatic rings. The zero-order valence-corrected chi connectivity index (χ0v) is 13.2. The second-order valence-electron chi connectivity index (χ2n) is 5.42. The van der Waals surface area contributed by atoms with E-state index in [1.807, 2.05) is 24.3 Å². The van der Waals surface area contributed by atoms with Crippen molar-refractivity contribution in [2.45, 2.75) is 0 Å². The number of anilines is 1. The van der Waals surface area contributed by atoms with E-state index in [1.54, 1.807) is 4.90 Å². The van der Waals surface area contributed by atoms with Gasteiger partial charge in [-0.05, 0) is 30.3 Å². The quantitative estimate of drug-likeness (QED) is 0.898. The van der Waals surface area contributed by atoms with Crippen LogP contribution in [0.2, 0.25) is 5.02 Å². The molecule has 1 fully saturated rings. The number of H-pyrrole nitrogens is 1. The Morgan fingerprint density at radius 3 is 2.30 bits per heavy atom. The van der Waals surface area contributed by atoms with E-state index in [0.29, 0.717) is 29.4 Å². The number of aromatic amines is 1. The van der Waals surface area contributed by atoms with Crippen LogP contribution in [0.3, 0.4) is 0 Å². The number of piperazine rings is 1. The highest BCUT2D eigenvalue weighted by atomic mass is 35.5. The van der Waals surface area contributed by atoms with Gasteiger partial charge in [0.2, 0.25) is 5.91 Å². The SMILES string of the molecule is NC(=O)c1c[nH]c(C(=O)N2CCN(c3ccc(Cl)cc3)CC2)c1. The van der Waals surface area contributed by atoms with Crippen LogP contribution in [0, 0.1) is 0 Å². The van der Waals surface area contributed by atoms with E-state index in [-0.39, 0.29) is 5.91 Å². The summed E-state index contributed by atoms with van der Waals surface area (Å²) in [6.45, 7) is 2.73. The van der Waals surface area contributed by atoms with Crippen LogP contribution in [0.15, 0.2) is 36.5 Å². The van der Waals surface area contributed by atoms with E-state index in [0.717, 1.165) is 18.8 Å². The topological polar surface area (TPSA) is 82.4 Å². The Balaban J connectivity index is 1.62. The molecule has 0 spiro atoms. The number of nitrogens with zero attached hydrogens (tertiary/aromatic N) is 2. The number of rotatable bonds is 3. The highest BCUT2D eigenvalue weighted by molar-refractivity contribution is 6.30. The molecule has 1 aromatic heterocycles. The van der Waals surface area contributed by atoms with Crippen molar-refractivity contribution in [3.8, 4) is 0 Å². The molecular weight excluding hydrogens is 316 g/mol. The molecule has 7 heteroatoms. The summed E-state index contributed by atoms with van der Waals surface area (Å²) in [6, 6.07) is 9.17. The lowest BCUT2D eigenvalue weighted by Crippen LogP contribution is -2.48. The number of benzene rings is 1. The van der Waals surface area contributed by atoms with Gasteiger partial charge in [-0.2, -0.15) is 0 Å². The number of carbonyl (C=O) groups is 2. The lowest BCUT2D eigenvalue weighted by molar-refractivity contribution is 0.0741. The molecule has 0 atom stereocenters. The highest BCUT2D eigenvalue weighted by Crippen LogP contribution is 2.20. The van der Waals surface area contributed by atoms with Gasteiger partial charge >= 0.3 is 0 Å². The smallest absolute Gasteiger partial charge is 0.270 e. The van der Waals surface area contributed by atoms with Gasteiger partial charge in [-0.1, -0.05) is 11.6 Å². The highest BCUT2D eigenvalue weighted by Gasteiger charge is 2.23. The van der Waals surface area contributed by atoms with E-state index < -0.39 is 5.91 Å². The molecule has 0 saturated carbocycles. The zero-order valence-electron chi connectivity index (χ0n) is 12.5. The van der Waals surface area contributed by atoms with Crippen LogP contribution in [-0.4, -0.2) is 47.9 Å². The van der Waals surface area contributed by atoms with Crippen molar-refractivity contribution in [3.63, 3.8) is 0 Å². The fraction of sp³-hybridized carbons (Fsp3) is 0.250. The first kappa shape index (κ1) is 15.4. The number of nitrogens with one attached hydrogen (secondary N) is 1. The van der Waals surface area contributed by atoms with Crippen LogP contribution in [0.1, 0.15) is 20.8 Å². The van der Waals surface area contributed by atoms with Crippen LogP contribution in [-0.2, 0) is 0 Å². The molecule has 3 rings (SSSR count). The third kappa shape index (κ3) is 3.32. The maximum absolute atomic E-state index is 12.4. The maximum Gasteiger partial charge on any atom is 0.270 e. The lowest BCUT2D eigenvalue weighted by atomic mass is 10.2. The van der Waals surface area contributed by atoms with Gasteiger partial charge in [-0.25, -0.2) is 0 Å². The summed E-state index contributed by atoms with van der Waals surface area (Å²) in [6.07, 6.45) is 1.46. The van der Waals surface area contributed by atoms with E-state index in [1.165, 1.54) is 12.3 Å². The summed E-state index contributed by atoms with van der Waals surface area (Å²) in [5.74, 6) is -0.666. The number of amides is 2. The molecule has 3 N–H and O–H groups in total. The standard InChI is InChI=1S/C16H17ClN4O2/c17-12-1-3-13(4-2-12)20-5-7-21(8-6-20)16(23)14-9-11(10-19-14)15(18)22/h1-4,9-10,19H,5-8H2,(H2,18,22). The molecule has 6 nitrogen and oxygen atoms in total. The molecule has 2 heterocycles. The summed E-state index contributed by atoms with van der Waals surface area (Å²) < 4.78 is 0. The third-order valence-electron chi connectivity index (χ3n) is 3.96. The van der Waals surface area contributed by atoms with Crippen molar-refractivity contribution in [1.82, 2.24) is 9.88 Å². The molecular formula is C16H17ClN4O2. The van der Waals surface area contributed by atoms with Gasteiger partial charge in [0.25, 0.3) is 5.91 Å². The Kier molecular flexibility index (Phi) is 4.25. The van der Waals surface area contributed by atoms with Gasteiger partial charge in [0.1, 0.15) is 5.69 Å². The van der Waals surface area contributed by atoms with E-state index in [2.05, 4.69) is 9.88 Å². The fourth-order valence-corrected chi connectivity index (χ4v) is 2.78. The van der Waals surface area contributed by atoms with Crippen LogP contribution < -0.4 is 10.6 Å². The molecule has 1 aliphatic heterocycles. The molecule has 0 bridgehead atoms. The first-order valence-electron chi connectivity index (χ1n) is 7.32. The largest absolute Gasteiger partial charge is 0.368 e. The number of nitrogens with two attached hydrogens (primary N) is 1. The third-order valence-corrected chi connectivity index (χ3v) is 4.21. The van der Waals surface area contributed by atoms with Crippen LogP contribution >= 0.6 is 11.6 Å². The second kappa shape index (κ2) is 6.34. The predicted octanol–water partition coefficient (Wildman–Crippen LogP) is 1.73. The van der Waals surface area contributed by atoms with Crippen LogP contribution in [0.4, 0.5) is 5.69 Å². The zero-order chi connectivity index (χ0) is 16.4. The van der Waals surface area contributed by atoms with Gasteiger partial charge in [-0.3, -0.25) is 9.59 Å². The molecule has 2 aromatic rings. The molecule has 0 radical (unpaired) electrons. The molecule has 0 unspecified atom stereocenters. The number of carbonyl (C=O) groups excluding carboxylic acids is 2. The Morgan fingerprint density at radius 2 is 1.74 bits per heavy atom. The van der Waals surface area contributed by atoms with E-state index in [9.17, 15) is 9.59 Å². The van der Waals surface area contributed by atoms with Crippen molar-refractivity contribution < 1.29 is 9.59 Å². The molecule has 1 aromatic carbocycles. The minimum atomic E-state index is -0.548. The van der Waals surface area contributed by atoms with Gasteiger partial charge in [0.05, 0.1) is 5.56 Å². The molecule has 0 aliphatic carbocycles. The predicted molar refractivity (Wildman–Crippen MR) is 88.9 cm³/mol. The Bertz CT molecular complexity index is 718. The summed E-state index contributed by atoms with van der Waals surface area (Å²) in [5, 5.41) is 0.708. The van der Waals surface area contributed by atoms with Gasteiger partial charge in [0, 0.05) is 43.1 Å².